The third-order valence-electron chi connectivity index (χ3n) is 5.01. The molecule has 164 valence electrons. The van der Waals surface area contributed by atoms with Crippen LogP contribution in [-0.4, -0.2) is 62.5 Å². The van der Waals surface area contributed by atoms with Crippen molar-refractivity contribution in [3.05, 3.63) is 24.3 Å². The predicted octanol–water partition coefficient (Wildman–Crippen LogP) is 3.96. The monoisotopic (exact) mass is 406 g/mol. The minimum absolute atomic E-state index is 0.0983. The minimum atomic E-state index is -0.821. The van der Waals surface area contributed by atoms with Crippen LogP contribution in [0.5, 0.6) is 5.75 Å². The zero-order valence-electron chi connectivity index (χ0n) is 18.5. The van der Waals surface area contributed by atoms with Gasteiger partial charge in [0.15, 0.2) is 0 Å². The number of nitrogens with one attached hydrogen (secondary N) is 1. The van der Waals surface area contributed by atoms with Crippen molar-refractivity contribution in [1.82, 2.24) is 4.90 Å². The summed E-state index contributed by atoms with van der Waals surface area (Å²) in [6, 6.07) is 7.56. The van der Waals surface area contributed by atoms with Crippen molar-refractivity contribution in [3.8, 4) is 5.75 Å². The van der Waals surface area contributed by atoms with Crippen molar-refractivity contribution in [2.45, 2.75) is 52.6 Å². The van der Waals surface area contributed by atoms with Crippen LogP contribution in [0.4, 0.5) is 5.69 Å². The van der Waals surface area contributed by atoms with Gasteiger partial charge in [0.2, 0.25) is 0 Å². The number of hydrogen-bond acceptors (Lipinski definition) is 5. The number of morpholine rings is 1. The van der Waals surface area contributed by atoms with Gasteiger partial charge in [-0.05, 0) is 56.4 Å². The third-order valence-corrected chi connectivity index (χ3v) is 5.01. The maximum absolute atomic E-state index is 12.8. The summed E-state index contributed by atoms with van der Waals surface area (Å²) < 4.78 is 17.1. The van der Waals surface area contributed by atoms with E-state index in [2.05, 4.69) is 24.1 Å². The molecule has 29 heavy (non-hydrogen) atoms. The zero-order valence-corrected chi connectivity index (χ0v) is 18.5. The topological polar surface area (TPSA) is 60.0 Å². The number of amides is 1. The quantitative estimate of drug-likeness (QED) is 0.533. The Labute approximate surface area is 175 Å². The number of carbonyl (C=O) groups excluding carboxylic acids is 1. The van der Waals surface area contributed by atoms with E-state index in [1.54, 1.807) is 0 Å². The lowest BCUT2D eigenvalue weighted by atomic mass is 9.93. The van der Waals surface area contributed by atoms with Crippen LogP contribution in [0.25, 0.3) is 0 Å². The Kier molecular flexibility index (Phi) is 9.91. The van der Waals surface area contributed by atoms with E-state index in [4.69, 9.17) is 14.2 Å². The lowest BCUT2D eigenvalue weighted by Crippen LogP contribution is -2.44. The molecule has 0 spiro atoms. The van der Waals surface area contributed by atoms with Gasteiger partial charge in [-0.25, -0.2) is 0 Å². The predicted molar refractivity (Wildman–Crippen MR) is 117 cm³/mol. The average molecular weight is 407 g/mol. The summed E-state index contributed by atoms with van der Waals surface area (Å²) in [5.41, 5.74) is -0.0653. The van der Waals surface area contributed by atoms with Crippen LogP contribution in [0.15, 0.2) is 24.3 Å². The molecule has 2 rings (SSSR count). The molecule has 1 aliphatic rings. The van der Waals surface area contributed by atoms with E-state index >= 15 is 0 Å². The number of nitrogens with zero attached hydrogens (tertiary/aromatic N) is 1. The average Bonchev–Trinajstić information content (AvgIpc) is 2.71. The molecule has 1 heterocycles. The molecule has 1 amide bonds. The van der Waals surface area contributed by atoms with Gasteiger partial charge in [0.1, 0.15) is 11.4 Å². The molecule has 1 N–H and O–H groups in total. The molecule has 1 aliphatic heterocycles. The number of carbonyl (C=O) groups is 1. The molecule has 0 aromatic heterocycles. The maximum atomic E-state index is 12.8. The van der Waals surface area contributed by atoms with Gasteiger partial charge in [0.25, 0.3) is 5.91 Å². The second kappa shape index (κ2) is 12.2. The first kappa shape index (κ1) is 23.6. The van der Waals surface area contributed by atoms with Crippen molar-refractivity contribution >= 4 is 11.6 Å². The fourth-order valence-electron chi connectivity index (χ4n) is 3.52. The molecular formula is C23H38N2O4. The van der Waals surface area contributed by atoms with Gasteiger partial charge in [-0.3, -0.25) is 9.69 Å². The first-order chi connectivity index (χ1) is 13.9. The van der Waals surface area contributed by atoms with Crippen molar-refractivity contribution in [1.29, 1.82) is 0 Å². The van der Waals surface area contributed by atoms with E-state index in [1.165, 1.54) is 0 Å². The molecule has 1 atom stereocenters. The van der Waals surface area contributed by atoms with Crippen LogP contribution in [-0.2, 0) is 14.3 Å². The SMILES string of the molecule is CCCOC(C)(CC(C)C)C(=O)Nc1ccc(OCCCN2CCOCC2)cc1. The summed E-state index contributed by atoms with van der Waals surface area (Å²) in [7, 11) is 0. The van der Waals surface area contributed by atoms with E-state index in [0.717, 1.165) is 57.1 Å². The van der Waals surface area contributed by atoms with Crippen LogP contribution < -0.4 is 10.1 Å². The number of ether oxygens (including phenoxy) is 3. The molecule has 1 aromatic carbocycles. The van der Waals surface area contributed by atoms with Gasteiger partial charge in [-0.1, -0.05) is 20.8 Å². The fourth-order valence-corrected chi connectivity index (χ4v) is 3.52. The molecule has 6 heteroatoms. The Morgan fingerprint density at radius 1 is 1.21 bits per heavy atom. The normalized spacial score (nSPS) is 17.1. The Hall–Kier alpha value is -1.63. The highest BCUT2D eigenvalue weighted by atomic mass is 16.5. The molecule has 1 fully saturated rings. The summed E-state index contributed by atoms with van der Waals surface area (Å²) in [4.78, 5) is 15.2. The van der Waals surface area contributed by atoms with Crippen LogP contribution in [0.3, 0.4) is 0 Å². The summed E-state index contributed by atoms with van der Waals surface area (Å²) in [5, 5.41) is 3.00. The number of benzene rings is 1. The van der Waals surface area contributed by atoms with Crippen LogP contribution in [0.2, 0.25) is 0 Å². The molecule has 0 aliphatic carbocycles. The number of rotatable bonds is 12. The Balaban J connectivity index is 1.79. The largest absolute Gasteiger partial charge is 0.494 e. The first-order valence-electron chi connectivity index (χ1n) is 10.9. The number of anilines is 1. The summed E-state index contributed by atoms with van der Waals surface area (Å²) >= 11 is 0. The van der Waals surface area contributed by atoms with Crippen molar-refractivity contribution in [2.24, 2.45) is 5.92 Å². The standard InChI is InChI=1S/C23H38N2O4/c1-5-14-29-23(4,18-19(2)3)22(26)24-20-7-9-21(10-8-20)28-15-6-11-25-12-16-27-17-13-25/h7-10,19H,5-6,11-18H2,1-4H3,(H,24,26). The lowest BCUT2D eigenvalue weighted by Gasteiger charge is -2.30. The van der Waals surface area contributed by atoms with E-state index in [-0.39, 0.29) is 5.91 Å². The molecule has 6 nitrogen and oxygen atoms in total. The van der Waals surface area contributed by atoms with Gasteiger partial charge >= 0.3 is 0 Å². The molecule has 0 bridgehead atoms. The number of hydrogen-bond donors (Lipinski definition) is 1. The van der Waals surface area contributed by atoms with Gasteiger partial charge in [0, 0.05) is 31.9 Å². The van der Waals surface area contributed by atoms with Gasteiger partial charge in [-0.15, -0.1) is 0 Å². The lowest BCUT2D eigenvalue weighted by molar-refractivity contribution is -0.141. The highest BCUT2D eigenvalue weighted by Gasteiger charge is 2.34. The molecule has 1 aromatic rings. The van der Waals surface area contributed by atoms with Crippen LogP contribution in [0, 0.1) is 5.92 Å². The smallest absolute Gasteiger partial charge is 0.256 e. The Morgan fingerprint density at radius 2 is 1.90 bits per heavy atom. The summed E-state index contributed by atoms with van der Waals surface area (Å²) in [6.07, 6.45) is 2.56. The van der Waals surface area contributed by atoms with Crippen LogP contribution in [0.1, 0.15) is 47.0 Å². The van der Waals surface area contributed by atoms with Crippen molar-refractivity contribution in [3.63, 3.8) is 0 Å². The molecule has 1 unspecified atom stereocenters. The molecular weight excluding hydrogens is 368 g/mol. The fraction of sp³-hybridized carbons (Fsp3) is 0.696. The van der Waals surface area contributed by atoms with E-state index < -0.39 is 5.60 Å². The highest BCUT2D eigenvalue weighted by molar-refractivity contribution is 5.97. The maximum Gasteiger partial charge on any atom is 0.256 e. The van der Waals surface area contributed by atoms with E-state index in [0.29, 0.717) is 25.6 Å². The second-order valence-electron chi connectivity index (χ2n) is 8.31. The minimum Gasteiger partial charge on any atom is -0.494 e. The van der Waals surface area contributed by atoms with Gasteiger partial charge in [0.05, 0.1) is 19.8 Å². The summed E-state index contributed by atoms with van der Waals surface area (Å²) in [6.45, 7) is 14.1. The zero-order chi connectivity index (χ0) is 21.1. The van der Waals surface area contributed by atoms with Gasteiger partial charge < -0.3 is 19.5 Å². The Morgan fingerprint density at radius 3 is 2.52 bits per heavy atom. The van der Waals surface area contributed by atoms with Crippen LogP contribution >= 0.6 is 0 Å². The van der Waals surface area contributed by atoms with Crippen molar-refractivity contribution < 1.29 is 19.0 Å². The van der Waals surface area contributed by atoms with Crippen molar-refractivity contribution in [2.75, 3.05) is 51.4 Å². The first-order valence-corrected chi connectivity index (χ1v) is 10.9. The van der Waals surface area contributed by atoms with E-state index in [1.807, 2.05) is 38.1 Å². The second-order valence-corrected chi connectivity index (χ2v) is 8.31. The summed E-state index contributed by atoms with van der Waals surface area (Å²) in [5.74, 6) is 1.09. The molecule has 1 saturated heterocycles. The van der Waals surface area contributed by atoms with Gasteiger partial charge in [-0.2, -0.15) is 0 Å². The Bertz CT molecular complexity index is 599. The van der Waals surface area contributed by atoms with E-state index in [9.17, 15) is 4.79 Å². The molecule has 0 saturated carbocycles. The third kappa shape index (κ3) is 8.33. The highest BCUT2D eigenvalue weighted by Crippen LogP contribution is 2.24. The molecule has 0 radical (unpaired) electrons.